The van der Waals surface area contributed by atoms with Crippen molar-refractivity contribution in [1.82, 2.24) is 0 Å². The number of benzene rings is 1. The van der Waals surface area contributed by atoms with Crippen LogP contribution in [0.3, 0.4) is 0 Å². The molecule has 0 aliphatic carbocycles. The molecule has 0 unspecified atom stereocenters. The fraction of sp³-hybridized carbons (Fsp3) is 0.429. The smallest absolute Gasteiger partial charge is 0.210 e. The van der Waals surface area contributed by atoms with Crippen LogP contribution in [0.25, 0.3) is 5.69 Å². The van der Waals surface area contributed by atoms with Crippen LogP contribution < -0.4 is 9.67 Å². The van der Waals surface area contributed by atoms with Crippen molar-refractivity contribution in [2.24, 2.45) is 0 Å². The van der Waals surface area contributed by atoms with Gasteiger partial charge in [-0.25, -0.2) is 0 Å². The van der Waals surface area contributed by atoms with Crippen molar-refractivity contribution < 1.29 is 14.5 Å². The lowest BCUT2D eigenvalue weighted by atomic mass is 10.0. The van der Waals surface area contributed by atoms with Crippen molar-refractivity contribution in [1.29, 1.82) is 0 Å². The number of hydrogen-bond acceptors (Lipinski definition) is 2. The van der Waals surface area contributed by atoms with Gasteiger partial charge in [0.15, 0.2) is 11.9 Å². The zero-order chi connectivity index (χ0) is 17.2. The first-order chi connectivity index (χ1) is 11.7. The van der Waals surface area contributed by atoms with E-state index < -0.39 is 5.97 Å². The highest BCUT2D eigenvalue weighted by molar-refractivity contribution is 5.64. The number of carboxylic acids is 1. The van der Waals surface area contributed by atoms with Crippen molar-refractivity contribution in [2.45, 2.75) is 58.3 Å². The van der Waals surface area contributed by atoms with Crippen LogP contribution in [-0.2, 0) is 11.2 Å². The number of pyridine rings is 1. The van der Waals surface area contributed by atoms with E-state index in [1.807, 2.05) is 6.07 Å². The summed E-state index contributed by atoms with van der Waals surface area (Å²) in [5.41, 5.74) is 3.90. The topological polar surface area (TPSA) is 44.0 Å². The number of nitrogens with zero attached hydrogens (tertiary/aromatic N) is 1. The van der Waals surface area contributed by atoms with Crippen LogP contribution >= 0.6 is 0 Å². The zero-order valence-corrected chi connectivity index (χ0v) is 14.5. The van der Waals surface area contributed by atoms with Crippen molar-refractivity contribution in [3.8, 4) is 5.69 Å². The number of aromatic nitrogens is 1. The van der Waals surface area contributed by atoms with E-state index >= 15 is 0 Å². The van der Waals surface area contributed by atoms with Crippen molar-refractivity contribution in [3.05, 3.63) is 59.9 Å². The fourth-order valence-corrected chi connectivity index (χ4v) is 3.06. The number of para-hydroxylation sites is 1. The lowest BCUT2D eigenvalue weighted by Gasteiger charge is -2.06. The Morgan fingerprint density at radius 1 is 0.917 bits per heavy atom. The molecule has 2 aromatic rings. The molecule has 2 rings (SSSR count). The van der Waals surface area contributed by atoms with E-state index in [0.29, 0.717) is 0 Å². The number of carbonyl (C=O) groups is 1. The summed E-state index contributed by atoms with van der Waals surface area (Å²) in [6.07, 6.45) is 9.82. The Kier molecular flexibility index (Phi) is 7.47. The molecule has 0 radical (unpaired) electrons. The van der Waals surface area contributed by atoms with Gasteiger partial charge in [-0.3, -0.25) is 0 Å². The molecule has 128 valence electrons. The highest BCUT2D eigenvalue weighted by Gasteiger charge is 2.13. The van der Waals surface area contributed by atoms with Crippen LogP contribution in [-0.4, -0.2) is 5.97 Å². The summed E-state index contributed by atoms with van der Waals surface area (Å²) in [7, 11) is 0. The Morgan fingerprint density at radius 2 is 1.58 bits per heavy atom. The molecule has 3 nitrogen and oxygen atoms in total. The normalized spacial score (nSPS) is 10.7. The van der Waals surface area contributed by atoms with Crippen molar-refractivity contribution >= 4 is 5.97 Å². The second kappa shape index (κ2) is 9.86. The summed E-state index contributed by atoms with van der Waals surface area (Å²) in [5, 5.41) is 10.3. The number of aliphatic carboxylic acids is 1. The van der Waals surface area contributed by atoms with Gasteiger partial charge in [0.1, 0.15) is 0 Å². The van der Waals surface area contributed by atoms with Gasteiger partial charge in [0.25, 0.3) is 0 Å². The van der Waals surface area contributed by atoms with Crippen LogP contribution in [0.15, 0.2) is 48.7 Å². The summed E-state index contributed by atoms with van der Waals surface area (Å²) in [5.74, 6) is -0.929. The first kappa shape index (κ1) is 18.2. The highest BCUT2D eigenvalue weighted by Crippen LogP contribution is 2.13. The van der Waals surface area contributed by atoms with Crippen LogP contribution in [0.4, 0.5) is 0 Å². The molecule has 3 heteroatoms. The van der Waals surface area contributed by atoms with Crippen molar-refractivity contribution in [2.75, 3.05) is 0 Å². The predicted octanol–water partition coefficient (Wildman–Crippen LogP) is 3.29. The summed E-state index contributed by atoms with van der Waals surface area (Å²) < 4.78 is 2.25. The van der Waals surface area contributed by atoms with E-state index in [2.05, 4.69) is 54.1 Å². The second-order valence-electron chi connectivity index (χ2n) is 6.32. The van der Waals surface area contributed by atoms with Gasteiger partial charge in [0, 0.05) is 36.7 Å². The third kappa shape index (κ3) is 5.80. The first-order valence-corrected chi connectivity index (χ1v) is 8.94. The van der Waals surface area contributed by atoms with Gasteiger partial charge in [-0.05, 0) is 31.7 Å². The molecule has 0 fully saturated rings. The standard InChI is InChI=1S/C21H27NO2/c1-18-19(12-7-4-2-3-5-10-16-21(23)24)13-11-17-22(18)20-14-8-6-9-15-20/h6,8-9,11,13-15,17H,2-5,7,10,12,16H2,1H3. The monoisotopic (exact) mass is 325 g/mol. The van der Waals surface area contributed by atoms with Crippen LogP contribution in [0.5, 0.6) is 0 Å². The largest absolute Gasteiger partial charge is 0.550 e. The maximum Gasteiger partial charge on any atom is 0.210 e. The van der Waals surface area contributed by atoms with Crippen LogP contribution in [0.1, 0.15) is 56.2 Å². The SMILES string of the molecule is Cc1c(CCCCCCCCC(=O)[O-])ccc[n+]1-c1ccccc1. The summed E-state index contributed by atoms with van der Waals surface area (Å²) in [6, 6.07) is 14.8. The fourth-order valence-electron chi connectivity index (χ4n) is 3.06. The molecule has 1 aromatic carbocycles. The third-order valence-electron chi connectivity index (χ3n) is 4.47. The average molecular weight is 325 g/mol. The number of rotatable bonds is 10. The summed E-state index contributed by atoms with van der Waals surface area (Å²) >= 11 is 0. The van der Waals surface area contributed by atoms with Gasteiger partial charge in [0.05, 0.1) is 0 Å². The van der Waals surface area contributed by atoms with Gasteiger partial charge in [0.2, 0.25) is 5.69 Å². The summed E-state index contributed by atoms with van der Waals surface area (Å²) in [4.78, 5) is 10.3. The molecule has 0 aliphatic rings. The average Bonchev–Trinajstić information content (AvgIpc) is 2.59. The van der Waals surface area contributed by atoms with E-state index in [9.17, 15) is 9.90 Å². The van der Waals surface area contributed by atoms with Crippen molar-refractivity contribution in [3.63, 3.8) is 0 Å². The summed E-state index contributed by atoms with van der Waals surface area (Å²) in [6.45, 7) is 2.18. The Hall–Kier alpha value is -2.16. The minimum Gasteiger partial charge on any atom is -0.550 e. The third-order valence-corrected chi connectivity index (χ3v) is 4.47. The zero-order valence-electron chi connectivity index (χ0n) is 14.5. The number of carboxylic acid groups (broad SMARTS) is 1. The molecule has 0 spiro atoms. The van der Waals surface area contributed by atoms with E-state index in [1.54, 1.807) is 0 Å². The predicted molar refractivity (Wildman–Crippen MR) is 93.7 cm³/mol. The number of hydrogen-bond donors (Lipinski definition) is 0. The Balaban J connectivity index is 1.76. The Morgan fingerprint density at radius 3 is 2.29 bits per heavy atom. The number of carbonyl (C=O) groups excluding carboxylic acids is 1. The Bertz CT molecular complexity index is 638. The van der Waals surface area contributed by atoms with Crippen LogP contribution in [0, 0.1) is 6.92 Å². The minimum atomic E-state index is -0.929. The van der Waals surface area contributed by atoms with Gasteiger partial charge < -0.3 is 9.90 Å². The molecule has 0 bridgehead atoms. The molecular weight excluding hydrogens is 298 g/mol. The van der Waals surface area contributed by atoms with Gasteiger partial charge in [-0.15, -0.1) is 0 Å². The van der Waals surface area contributed by atoms with E-state index in [-0.39, 0.29) is 6.42 Å². The lowest BCUT2D eigenvalue weighted by molar-refractivity contribution is -0.603. The molecule has 0 aliphatic heterocycles. The highest BCUT2D eigenvalue weighted by atomic mass is 16.4. The maximum absolute atomic E-state index is 10.3. The molecule has 1 heterocycles. The molecule has 0 saturated heterocycles. The molecule has 1 aromatic heterocycles. The van der Waals surface area contributed by atoms with E-state index in [4.69, 9.17) is 0 Å². The lowest BCUT2D eigenvalue weighted by Crippen LogP contribution is -2.34. The molecule has 0 saturated carbocycles. The molecule has 0 amide bonds. The van der Waals surface area contributed by atoms with Gasteiger partial charge in [-0.1, -0.05) is 43.9 Å². The van der Waals surface area contributed by atoms with E-state index in [0.717, 1.165) is 25.7 Å². The van der Waals surface area contributed by atoms with Gasteiger partial charge >= 0.3 is 0 Å². The second-order valence-corrected chi connectivity index (χ2v) is 6.32. The minimum absolute atomic E-state index is 0.197. The molecule has 24 heavy (non-hydrogen) atoms. The quantitative estimate of drug-likeness (QED) is 0.497. The maximum atomic E-state index is 10.3. The first-order valence-electron chi connectivity index (χ1n) is 8.94. The molecule has 0 N–H and O–H groups in total. The number of unbranched alkanes of at least 4 members (excludes halogenated alkanes) is 5. The van der Waals surface area contributed by atoms with Gasteiger partial charge in [-0.2, -0.15) is 4.57 Å². The number of aryl methyl sites for hydroxylation is 1. The molecular formula is C21H27NO2. The molecule has 0 atom stereocenters. The Labute approximate surface area is 145 Å². The van der Waals surface area contributed by atoms with E-state index in [1.165, 1.54) is 36.2 Å². The van der Waals surface area contributed by atoms with Crippen LogP contribution in [0.2, 0.25) is 0 Å².